The first-order valence-corrected chi connectivity index (χ1v) is 6.69. The number of nitrogens with two attached hydrogens (primary N) is 1. The number of hydrogen-bond donors (Lipinski definition) is 2. The van der Waals surface area contributed by atoms with Gasteiger partial charge in [0.25, 0.3) is 0 Å². The molecule has 0 amide bonds. The van der Waals surface area contributed by atoms with Crippen molar-refractivity contribution in [3.63, 3.8) is 0 Å². The van der Waals surface area contributed by atoms with Crippen LogP contribution in [0.1, 0.15) is 12.8 Å². The quantitative estimate of drug-likeness (QED) is 0.782. The van der Waals surface area contributed by atoms with Gasteiger partial charge in [0.1, 0.15) is 0 Å². The smallest absolute Gasteiger partial charge is 0.0739 e. The molecule has 1 saturated heterocycles. The van der Waals surface area contributed by atoms with Crippen LogP contribution in [-0.2, 0) is 0 Å². The number of rotatable bonds is 2. The summed E-state index contributed by atoms with van der Waals surface area (Å²) >= 11 is 7.98. The lowest BCUT2D eigenvalue weighted by Crippen LogP contribution is -2.24. The number of hydrogen-bond acceptors (Lipinski definition) is 3. The number of halogens is 1. The van der Waals surface area contributed by atoms with Crippen molar-refractivity contribution in [2.75, 3.05) is 22.6 Å². The summed E-state index contributed by atoms with van der Waals surface area (Å²) in [5.74, 6) is 2.47. The molecule has 15 heavy (non-hydrogen) atoms. The van der Waals surface area contributed by atoms with Crippen LogP contribution in [0.15, 0.2) is 18.2 Å². The number of thioether (sulfide) groups is 1. The maximum Gasteiger partial charge on any atom is 0.0739 e. The van der Waals surface area contributed by atoms with E-state index in [2.05, 4.69) is 5.32 Å². The highest BCUT2D eigenvalue weighted by Crippen LogP contribution is 2.29. The molecule has 0 aliphatic carbocycles. The summed E-state index contributed by atoms with van der Waals surface area (Å²) in [6.07, 6.45) is 2.41. The molecule has 0 spiro atoms. The fourth-order valence-electron chi connectivity index (χ4n) is 1.72. The second kappa shape index (κ2) is 4.99. The molecule has 0 unspecified atom stereocenters. The van der Waals surface area contributed by atoms with E-state index >= 15 is 0 Å². The largest absolute Gasteiger partial charge is 0.396 e. The van der Waals surface area contributed by atoms with Gasteiger partial charge in [0.15, 0.2) is 0 Å². The molecule has 1 aliphatic heterocycles. The molecule has 3 N–H and O–H groups in total. The average Bonchev–Trinajstić information content (AvgIpc) is 2.26. The van der Waals surface area contributed by atoms with Gasteiger partial charge in [-0.15, -0.1) is 0 Å². The van der Waals surface area contributed by atoms with E-state index in [1.807, 2.05) is 30.0 Å². The lowest BCUT2D eigenvalue weighted by Gasteiger charge is -2.24. The van der Waals surface area contributed by atoms with Crippen LogP contribution in [0.25, 0.3) is 0 Å². The van der Waals surface area contributed by atoms with E-state index in [1.54, 1.807) is 0 Å². The fourth-order valence-corrected chi connectivity index (χ4v) is 3.01. The molecule has 1 fully saturated rings. The Kier molecular flexibility index (Phi) is 3.65. The molecular weight excluding hydrogens is 228 g/mol. The van der Waals surface area contributed by atoms with Crippen molar-refractivity contribution in [3.05, 3.63) is 23.2 Å². The molecule has 0 aromatic heterocycles. The van der Waals surface area contributed by atoms with Crippen LogP contribution in [0.2, 0.25) is 5.02 Å². The molecule has 0 atom stereocenters. The van der Waals surface area contributed by atoms with Gasteiger partial charge >= 0.3 is 0 Å². The maximum atomic E-state index is 5.96. The van der Waals surface area contributed by atoms with Gasteiger partial charge in [-0.1, -0.05) is 17.7 Å². The van der Waals surface area contributed by atoms with Crippen molar-refractivity contribution in [2.45, 2.75) is 18.9 Å². The molecule has 0 radical (unpaired) electrons. The lowest BCUT2D eigenvalue weighted by atomic mass is 10.1. The molecule has 1 heterocycles. The lowest BCUT2D eigenvalue weighted by molar-refractivity contribution is 0.667. The van der Waals surface area contributed by atoms with Crippen LogP contribution in [0.4, 0.5) is 11.4 Å². The Morgan fingerprint density at radius 2 is 2.07 bits per heavy atom. The summed E-state index contributed by atoms with van der Waals surface area (Å²) in [5, 5.41) is 4.10. The van der Waals surface area contributed by atoms with Crippen molar-refractivity contribution in [1.82, 2.24) is 0 Å². The summed E-state index contributed by atoms with van der Waals surface area (Å²) in [5.41, 5.74) is 7.54. The van der Waals surface area contributed by atoms with E-state index in [4.69, 9.17) is 17.3 Å². The van der Waals surface area contributed by atoms with Gasteiger partial charge in [-0.2, -0.15) is 11.8 Å². The van der Waals surface area contributed by atoms with Gasteiger partial charge in [-0.25, -0.2) is 0 Å². The van der Waals surface area contributed by atoms with E-state index in [0.717, 1.165) is 5.69 Å². The van der Waals surface area contributed by atoms with Crippen molar-refractivity contribution in [2.24, 2.45) is 0 Å². The van der Waals surface area contributed by atoms with E-state index in [-0.39, 0.29) is 0 Å². The third-order valence-corrected chi connectivity index (χ3v) is 4.01. The van der Waals surface area contributed by atoms with E-state index in [1.165, 1.54) is 24.3 Å². The molecular formula is C11H15ClN2S. The summed E-state index contributed by atoms with van der Waals surface area (Å²) in [6, 6.07) is 6.28. The van der Waals surface area contributed by atoms with Gasteiger partial charge < -0.3 is 11.1 Å². The Balaban J connectivity index is 2.06. The molecule has 1 aromatic rings. The Hall–Kier alpha value is -0.540. The van der Waals surface area contributed by atoms with E-state index in [9.17, 15) is 0 Å². The molecule has 2 rings (SSSR count). The third kappa shape index (κ3) is 2.73. The zero-order chi connectivity index (χ0) is 10.7. The summed E-state index contributed by atoms with van der Waals surface area (Å²) < 4.78 is 0. The Bertz CT molecular complexity index is 337. The van der Waals surface area contributed by atoms with Gasteiger partial charge in [0.05, 0.1) is 16.4 Å². The SMILES string of the molecule is Nc1c(Cl)cccc1NC1CCSCC1. The molecule has 4 heteroatoms. The molecule has 0 saturated carbocycles. The Morgan fingerprint density at radius 3 is 2.80 bits per heavy atom. The van der Waals surface area contributed by atoms with Crippen LogP contribution >= 0.6 is 23.4 Å². The van der Waals surface area contributed by atoms with Crippen molar-refractivity contribution in [1.29, 1.82) is 0 Å². The number of nitrogen functional groups attached to an aromatic ring is 1. The van der Waals surface area contributed by atoms with Crippen LogP contribution in [0.5, 0.6) is 0 Å². The predicted molar refractivity (Wildman–Crippen MR) is 69.8 cm³/mol. The summed E-state index contributed by atoms with van der Waals surface area (Å²) in [4.78, 5) is 0. The second-order valence-electron chi connectivity index (χ2n) is 3.73. The number of benzene rings is 1. The highest BCUT2D eigenvalue weighted by molar-refractivity contribution is 7.99. The molecule has 1 aliphatic rings. The topological polar surface area (TPSA) is 38.0 Å². The zero-order valence-electron chi connectivity index (χ0n) is 8.50. The molecule has 2 nitrogen and oxygen atoms in total. The predicted octanol–water partition coefficient (Wildman–Crippen LogP) is 3.23. The molecule has 82 valence electrons. The monoisotopic (exact) mass is 242 g/mol. The van der Waals surface area contributed by atoms with Crippen LogP contribution < -0.4 is 11.1 Å². The minimum Gasteiger partial charge on any atom is -0.396 e. The Morgan fingerprint density at radius 1 is 1.33 bits per heavy atom. The van der Waals surface area contributed by atoms with Crippen molar-refractivity contribution < 1.29 is 0 Å². The number of nitrogens with one attached hydrogen (secondary N) is 1. The summed E-state index contributed by atoms with van der Waals surface area (Å²) in [7, 11) is 0. The van der Waals surface area contributed by atoms with Gasteiger partial charge in [-0.05, 0) is 36.5 Å². The minimum atomic E-state index is 0.548. The van der Waals surface area contributed by atoms with Crippen LogP contribution in [-0.4, -0.2) is 17.5 Å². The van der Waals surface area contributed by atoms with Gasteiger partial charge in [0.2, 0.25) is 0 Å². The van der Waals surface area contributed by atoms with Crippen LogP contribution in [0.3, 0.4) is 0 Å². The Labute approximate surface area is 99.6 Å². The first-order chi connectivity index (χ1) is 7.27. The minimum absolute atomic E-state index is 0.548. The van der Waals surface area contributed by atoms with Crippen LogP contribution in [0, 0.1) is 0 Å². The first kappa shape index (κ1) is 11.0. The maximum absolute atomic E-state index is 5.96. The fraction of sp³-hybridized carbons (Fsp3) is 0.455. The highest BCUT2D eigenvalue weighted by atomic mass is 35.5. The average molecular weight is 243 g/mol. The van der Waals surface area contributed by atoms with E-state index < -0.39 is 0 Å². The highest BCUT2D eigenvalue weighted by Gasteiger charge is 2.14. The third-order valence-electron chi connectivity index (χ3n) is 2.63. The van der Waals surface area contributed by atoms with E-state index in [0.29, 0.717) is 16.8 Å². The molecule has 1 aromatic carbocycles. The number of anilines is 2. The van der Waals surface area contributed by atoms with Crippen molar-refractivity contribution in [3.8, 4) is 0 Å². The second-order valence-corrected chi connectivity index (χ2v) is 5.36. The van der Waals surface area contributed by atoms with Gasteiger partial charge in [0, 0.05) is 6.04 Å². The number of para-hydroxylation sites is 1. The zero-order valence-corrected chi connectivity index (χ0v) is 10.1. The first-order valence-electron chi connectivity index (χ1n) is 5.15. The molecule has 0 bridgehead atoms. The standard InChI is InChI=1S/C11H15ClN2S/c12-9-2-1-3-10(11(9)13)14-8-4-6-15-7-5-8/h1-3,8,14H,4-7,13H2. The normalized spacial score (nSPS) is 17.7. The van der Waals surface area contributed by atoms with Crippen molar-refractivity contribution >= 4 is 34.7 Å². The van der Waals surface area contributed by atoms with Gasteiger partial charge in [-0.3, -0.25) is 0 Å². The summed E-state index contributed by atoms with van der Waals surface area (Å²) in [6.45, 7) is 0.